The second kappa shape index (κ2) is 9.89. The number of benzene rings is 3. The van der Waals surface area contributed by atoms with Crippen molar-refractivity contribution in [2.24, 2.45) is 0 Å². The van der Waals surface area contributed by atoms with Gasteiger partial charge in [0.25, 0.3) is 0 Å². The van der Waals surface area contributed by atoms with Gasteiger partial charge >= 0.3 is 12.1 Å². The summed E-state index contributed by atoms with van der Waals surface area (Å²) in [6, 6.07) is 18.0. The number of likely N-dealkylation sites (tertiary alicyclic amines) is 1. The lowest BCUT2D eigenvalue weighted by Gasteiger charge is -2.22. The van der Waals surface area contributed by atoms with Crippen LogP contribution in [0.4, 0.5) is 13.2 Å². The molecule has 4 aromatic rings. The molecule has 1 aliphatic heterocycles. The highest BCUT2D eigenvalue weighted by Gasteiger charge is 2.32. The summed E-state index contributed by atoms with van der Waals surface area (Å²) in [5, 5.41) is 9.52. The van der Waals surface area contributed by atoms with E-state index in [-0.39, 0.29) is 17.9 Å². The number of alkyl halides is 3. The van der Waals surface area contributed by atoms with E-state index in [1.54, 1.807) is 11.0 Å². The van der Waals surface area contributed by atoms with E-state index in [1.165, 1.54) is 6.07 Å². The van der Waals surface area contributed by atoms with Crippen LogP contribution >= 0.6 is 0 Å². The van der Waals surface area contributed by atoms with E-state index in [0.29, 0.717) is 36.4 Å². The second-order valence-corrected chi connectivity index (χ2v) is 9.16. The molecule has 5 rings (SSSR count). The summed E-state index contributed by atoms with van der Waals surface area (Å²) in [5.41, 5.74) is 4.96. The first-order valence-electron chi connectivity index (χ1n) is 11.9. The first kappa shape index (κ1) is 24.8. The molecule has 0 spiro atoms. The molecule has 0 radical (unpaired) electrons. The van der Waals surface area contributed by atoms with Crippen LogP contribution in [0.3, 0.4) is 0 Å². The number of aliphatic carboxylic acids is 1. The van der Waals surface area contributed by atoms with Crippen molar-refractivity contribution in [1.82, 2.24) is 9.88 Å². The number of carbonyl (C=O) groups is 1. The highest BCUT2D eigenvalue weighted by atomic mass is 19.4. The third-order valence-electron chi connectivity index (χ3n) is 6.63. The van der Waals surface area contributed by atoms with E-state index >= 15 is 0 Å². The number of ether oxygens (including phenoxy) is 1. The smallest absolute Gasteiger partial charge is 0.422 e. The molecule has 6 nitrogen and oxygen atoms in total. The third-order valence-corrected chi connectivity index (χ3v) is 6.63. The monoisotopic (exact) mass is 510 g/mol. The van der Waals surface area contributed by atoms with Crippen molar-refractivity contribution in [3.8, 4) is 28.3 Å². The van der Waals surface area contributed by atoms with Gasteiger partial charge in [0.15, 0.2) is 12.2 Å². The normalized spacial score (nSPS) is 16.4. The largest absolute Gasteiger partial charge is 0.484 e. The molecule has 1 N–H and O–H groups in total. The first-order chi connectivity index (χ1) is 17.7. The molecule has 9 heteroatoms. The Morgan fingerprint density at radius 2 is 1.89 bits per heavy atom. The molecule has 1 aliphatic rings. The van der Waals surface area contributed by atoms with Gasteiger partial charge in [0.2, 0.25) is 5.89 Å². The highest BCUT2D eigenvalue weighted by Crippen LogP contribution is 2.36. The molecule has 3 aromatic carbocycles. The van der Waals surface area contributed by atoms with Crippen molar-refractivity contribution >= 4 is 17.1 Å². The van der Waals surface area contributed by atoms with Crippen LogP contribution in [0, 0.1) is 6.92 Å². The van der Waals surface area contributed by atoms with Gasteiger partial charge in [0.1, 0.15) is 17.3 Å². The molecule has 37 heavy (non-hydrogen) atoms. The molecule has 2 heterocycles. The zero-order chi connectivity index (χ0) is 26.2. The Morgan fingerprint density at radius 1 is 1.14 bits per heavy atom. The Hall–Kier alpha value is -3.85. The zero-order valence-electron chi connectivity index (χ0n) is 20.1. The van der Waals surface area contributed by atoms with Gasteiger partial charge in [-0.1, -0.05) is 42.5 Å². The molecule has 0 aliphatic carbocycles. The summed E-state index contributed by atoms with van der Waals surface area (Å²) in [5.74, 6) is -0.610. The summed E-state index contributed by atoms with van der Waals surface area (Å²) in [6.45, 7) is 1.16. The van der Waals surface area contributed by atoms with Crippen molar-refractivity contribution in [3.63, 3.8) is 0 Å². The van der Waals surface area contributed by atoms with E-state index in [9.17, 15) is 23.1 Å². The number of hydrogen-bond donors (Lipinski definition) is 1. The number of aromatic nitrogens is 1. The Bertz CT molecular complexity index is 1430. The predicted octanol–water partition coefficient (Wildman–Crippen LogP) is 6.46. The van der Waals surface area contributed by atoms with Crippen molar-refractivity contribution in [1.29, 1.82) is 0 Å². The third kappa shape index (κ3) is 5.32. The molecule has 1 fully saturated rings. The molecule has 0 unspecified atom stereocenters. The SMILES string of the molecule is Cc1c(-c2ccccc2)cccc1-c1nc2cc(CN3CCC[C@H]3C(=O)O)c(OCC(F)(F)F)cc2o1. The van der Waals surface area contributed by atoms with Gasteiger partial charge in [-0.25, -0.2) is 4.98 Å². The lowest BCUT2D eigenvalue weighted by Crippen LogP contribution is -2.35. The number of fused-ring (bicyclic) bond motifs is 1. The van der Waals surface area contributed by atoms with Crippen LogP contribution in [0.2, 0.25) is 0 Å². The molecule has 1 aromatic heterocycles. The van der Waals surface area contributed by atoms with Crippen molar-refractivity contribution in [3.05, 3.63) is 71.8 Å². The van der Waals surface area contributed by atoms with E-state index in [2.05, 4.69) is 4.98 Å². The van der Waals surface area contributed by atoms with E-state index in [4.69, 9.17) is 9.15 Å². The quantitative estimate of drug-likeness (QED) is 0.308. The van der Waals surface area contributed by atoms with Crippen LogP contribution in [0.25, 0.3) is 33.7 Å². The fraction of sp³-hybridized carbons (Fsp3) is 0.286. The highest BCUT2D eigenvalue weighted by molar-refractivity contribution is 5.82. The lowest BCUT2D eigenvalue weighted by atomic mass is 9.96. The molecule has 0 saturated carbocycles. The Labute approximate surface area is 211 Å². The maximum atomic E-state index is 13.0. The second-order valence-electron chi connectivity index (χ2n) is 9.16. The van der Waals surface area contributed by atoms with Crippen LogP contribution in [-0.4, -0.2) is 46.3 Å². The Kier molecular flexibility index (Phi) is 6.64. The predicted molar refractivity (Wildman–Crippen MR) is 132 cm³/mol. The van der Waals surface area contributed by atoms with Crippen LogP contribution in [0.15, 0.2) is 65.1 Å². The minimum atomic E-state index is -4.52. The maximum Gasteiger partial charge on any atom is 0.422 e. The van der Waals surface area contributed by atoms with Crippen LogP contribution in [0.5, 0.6) is 5.75 Å². The van der Waals surface area contributed by atoms with Gasteiger partial charge in [0, 0.05) is 23.7 Å². The fourth-order valence-electron chi connectivity index (χ4n) is 4.84. The topological polar surface area (TPSA) is 75.8 Å². The molecular weight excluding hydrogens is 485 g/mol. The number of halogens is 3. The molecule has 0 amide bonds. The zero-order valence-corrected chi connectivity index (χ0v) is 20.1. The fourth-order valence-corrected chi connectivity index (χ4v) is 4.84. The van der Waals surface area contributed by atoms with E-state index in [1.807, 2.05) is 55.5 Å². The number of carboxylic acids is 1. The van der Waals surface area contributed by atoms with Crippen molar-refractivity contribution in [2.45, 2.75) is 38.5 Å². The maximum absolute atomic E-state index is 13.0. The van der Waals surface area contributed by atoms with Crippen LogP contribution < -0.4 is 4.74 Å². The van der Waals surface area contributed by atoms with Gasteiger partial charge in [0.05, 0.1) is 0 Å². The number of oxazole rings is 1. The summed E-state index contributed by atoms with van der Waals surface area (Å²) in [4.78, 5) is 18.0. The van der Waals surface area contributed by atoms with Crippen LogP contribution in [0.1, 0.15) is 24.0 Å². The molecule has 192 valence electrons. The van der Waals surface area contributed by atoms with Gasteiger partial charge in [-0.2, -0.15) is 13.2 Å². The minimum Gasteiger partial charge on any atom is -0.484 e. The molecule has 0 bridgehead atoms. The van der Waals surface area contributed by atoms with Crippen molar-refractivity contribution < 1.29 is 32.2 Å². The van der Waals surface area contributed by atoms with E-state index < -0.39 is 24.8 Å². The standard InChI is InChI=1S/C28H25F3N2O4/c1-17-20(18-7-3-2-4-8-18)9-5-10-21(17)26-32-22-13-19(15-33-12-6-11-23(33)27(34)35)24(14-25(22)37-26)36-16-28(29,30)31/h2-5,7-10,13-14,23H,6,11-12,15-16H2,1H3,(H,34,35)/t23-/m0/s1. The Morgan fingerprint density at radius 3 is 2.62 bits per heavy atom. The average molecular weight is 511 g/mol. The number of nitrogens with zero attached hydrogens (tertiary/aromatic N) is 2. The number of carboxylic acid groups (broad SMARTS) is 1. The lowest BCUT2D eigenvalue weighted by molar-refractivity contribution is -0.153. The summed E-state index contributed by atoms with van der Waals surface area (Å²) < 4.78 is 50.0. The minimum absolute atomic E-state index is 0.00155. The van der Waals surface area contributed by atoms with E-state index in [0.717, 1.165) is 22.3 Å². The summed E-state index contributed by atoms with van der Waals surface area (Å²) in [6.07, 6.45) is -3.34. The molecule has 1 atom stereocenters. The van der Waals surface area contributed by atoms with Gasteiger partial charge < -0.3 is 14.3 Å². The Balaban J connectivity index is 1.54. The number of rotatable bonds is 7. The molecule has 1 saturated heterocycles. The molecular formula is C28H25F3N2O4. The first-order valence-corrected chi connectivity index (χ1v) is 11.9. The summed E-state index contributed by atoms with van der Waals surface area (Å²) >= 11 is 0. The van der Waals surface area contributed by atoms with Gasteiger partial charge in [-0.3, -0.25) is 9.69 Å². The van der Waals surface area contributed by atoms with Crippen molar-refractivity contribution in [2.75, 3.05) is 13.2 Å². The average Bonchev–Trinajstić information content (AvgIpc) is 3.49. The van der Waals surface area contributed by atoms with Crippen LogP contribution in [-0.2, 0) is 11.3 Å². The summed E-state index contributed by atoms with van der Waals surface area (Å²) in [7, 11) is 0. The van der Waals surface area contributed by atoms with Gasteiger partial charge in [-0.05, 0) is 55.1 Å². The van der Waals surface area contributed by atoms with Gasteiger partial charge in [-0.15, -0.1) is 0 Å². The number of hydrogen-bond acceptors (Lipinski definition) is 5.